The summed E-state index contributed by atoms with van der Waals surface area (Å²) in [4.78, 5) is 25.0. The van der Waals surface area contributed by atoms with Crippen molar-refractivity contribution in [3.63, 3.8) is 0 Å². The molecule has 0 aromatic heterocycles. The molecule has 0 heterocycles. The van der Waals surface area contributed by atoms with Gasteiger partial charge in [-0.3, -0.25) is 9.59 Å². The molecular formula is C21H18F2O3. The third-order valence-corrected chi connectivity index (χ3v) is 4.48. The summed E-state index contributed by atoms with van der Waals surface area (Å²) in [7, 11) is 0. The second kappa shape index (κ2) is 7.60. The Morgan fingerprint density at radius 3 is 2.46 bits per heavy atom. The number of halogens is 2. The average Bonchev–Trinajstić information content (AvgIpc) is 2.61. The van der Waals surface area contributed by atoms with Crippen LogP contribution in [0.3, 0.4) is 0 Å². The zero-order chi connectivity index (χ0) is 18.7. The molecule has 3 nitrogen and oxygen atoms in total. The van der Waals surface area contributed by atoms with Crippen LogP contribution in [0, 0.1) is 17.6 Å². The highest BCUT2D eigenvalue weighted by atomic mass is 19.1. The molecule has 2 aromatic rings. The van der Waals surface area contributed by atoms with E-state index >= 15 is 0 Å². The minimum Gasteiger partial charge on any atom is -0.465 e. The standard InChI is InChI=1S/C21H18F2O3/c1-2-26-21(25)20-18(14-6-4-8-17(23)10-14)11-15(12-19(20)24)13-5-3-7-16(22)9-13/h3-10,12,18,20H,2,11H2,1H3/t18-,20-/m1/s1. The van der Waals surface area contributed by atoms with E-state index in [4.69, 9.17) is 4.74 Å². The predicted octanol–water partition coefficient (Wildman–Crippen LogP) is 4.28. The normalized spacial score (nSPS) is 19.8. The highest BCUT2D eigenvalue weighted by molar-refractivity contribution is 6.10. The lowest BCUT2D eigenvalue weighted by molar-refractivity contribution is -0.151. The van der Waals surface area contributed by atoms with Crippen LogP contribution in [0.1, 0.15) is 30.4 Å². The Kier molecular flexibility index (Phi) is 5.26. The summed E-state index contributed by atoms with van der Waals surface area (Å²) >= 11 is 0. The molecule has 3 rings (SSSR count). The van der Waals surface area contributed by atoms with Gasteiger partial charge in [0.1, 0.15) is 17.6 Å². The van der Waals surface area contributed by atoms with Gasteiger partial charge in [0.2, 0.25) is 0 Å². The van der Waals surface area contributed by atoms with Crippen LogP contribution in [-0.2, 0) is 14.3 Å². The molecule has 2 aromatic carbocycles. The van der Waals surface area contributed by atoms with Crippen LogP contribution >= 0.6 is 0 Å². The van der Waals surface area contributed by atoms with Crippen LogP contribution in [0.5, 0.6) is 0 Å². The smallest absolute Gasteiger partial charge is 0.317 e. The lowest BCUT2D eigenvalue weighted by Crippen LogP contribution is -2.34. The van der Waals surface area contributed by atoms with Gasteiger partial charge in [-0.15, -0.1) is 0 Å². The number of ether oxygens (including phenoxy) is 1. The molecule has 1 aliphatic rings. The number of carbonyl (C=O) groups is 2. The van der Waals surface area contributed by atoms with Gasteiger partial charge in [-0.25, -0.2) is 8.78 Å². The van der Waals surface area contributed by atoms with Gasteiger partial charge in [-0.2, -0.15) is 0 Å². The van der Waals surface area contributed by atoms with Gasteiger partial charge >= 0.3 is 5.97 Å². The van der Waals surface area contributed by atoms with Crippen LogP contribution in [0.25, 0.3) is 5.57 Å². The van der Waals surface area contributed by atoms with Gasteiger partial charge in [0, 0.05) is 5.92 Å². The number of benzene rings is 2. The van der Waals surface area contributed by atoms with Crippen molar-refractivity contribution in [1.82, 2.24) is 0 Å². The molecule has 0 spiro atoms. The number of ketones is 1. The molecule has 0 saturated heterocycles. The van der Waals surface area contributed by atoms with E-state index in [0.717, 1.165) is 0 Å². The van der Waals surface area contributed by atoms with Gasteiger partial charge in [0.15, 0.2) is 5.78 Å². The molecule has 26 heavy (non-hydrogen) atoms. The number of hydrogen-bond donors (Lipinski definition) is 0. The molecule has 2 atom stereocenters. The van der Waals surface area contributed by atoms with Crippen LogP contribution in [0.2, 0.25) is 0 Å². The first-order valence-electron chi connectivity index (χ1n) is 8.42. The molecule has 0 radical (unpaired) electrons. The van der Waals surface area contributed by atoms with E-state index in [1.807, 2.05) is 0 Å². The summed E-state index contributed by atoms with van der Waals surface area (Å²) in [5, 5.41) is 0. The first-order valence-corrected chi connectivity index (χ1v) is 8.42. The first-order chi connectivity index (χ1) is 12.5. The van der Waals surface area contributed by atoms with Crippen LogP contribution in [0.15, 0.2) is 54.6 Å². The monoisotopic (exact) mass is 356 g/mol. The number of rotatable bonds is 4. The lowest BCUT2D eigenvalue weighted by atomic mass is 9.73. The Morgan fingerprint density at radius 1 is 1.12 bits per heavy atom. The summed E-state index contributed by atoms with van der Waals surface area (Å²) in [6, 6.07) is 11.8. The van der Waals surface area contributed by atoms with E-state index in [1.165, 1.54) is 36.4 Å². The van der Waals surface area contributed by atoms with Crippen molar-refractivity contribution in [2.24, 2.45) is 5.92 Å². The molecule has 0 unspecified atom stereocenters. The average molecular weight is 356 g/mol. The van der Waals surface area contributed by atoms with E-state index < -0.39 is 35.2 Å². The molecule has 0 amide bonds. The Hall–Kier alpha value is -2.82. The van der Waals surface area contributed by atoms with E-state index in [0.29, 0.717) is 23.1 Å². The van der Waals surface area contributed by atoms with Crippen molar-refractivity contribution >= 4 is 17.3 Å². The first kappa shape index (κ1) is 18.0. The van der Waals surface area contributed by atoms with E-state index in [2.05, 4.69) is 0 Å². The maximum Gasteiger partial charge on any atom is 0.317 e. The van der Waals surface area contributed by atoms with Crippen LogP contribution in [-0.4, -0.2) is 18.4 Å². The molecule has 134 valence electrons. The van der Waals surface area contributed by atoms with Crippen LogP contribution < -0.4 is 0 Å². The molecule has 5 heteroatoms. The summed E-state index contributed by atoms with van der Waals surface area (Å²) in [6.45, 7) is 1.81. The summed E-state index contributed by atoms with van der Waals surface area (Å²) in [6.07, 6.45) is 1.67. The summed E-state index contributed by atoms with van der Waals surface area (Å²) < 4.78 is 32.3. The Bertz CT molecular complexity index is 873. The maximum absolute atomic E-state index is 13.7. The minimum atomic E-state index is -1.03. The zero-order valence-corrected chi connectivity index (χ0v) is 14.2. The van der Waals surface area contributed by atoms with Crippen LogP contribution in [0.4, 0.5) is 8.78 Å². The molecule has 0 bridgehead atoms. The van der Waals surface area contributed by atoms with Crippen molar-refractivity contribution in [3.8, 4) is 0 Å². The van der Waals surface area contributed by atoms with Gasteiger partial charge in [-0.1, -0.05) is 24.3 Å². The number of hydrogen-bond acceptors (Lipinski definition) is 3. The molecule has 0 N–H and O–H groups in total. The fourth-order valence-corrected chi connectivity index (χ4v) is 3.32. The molecule has 1 aliphatic carbocycles. The van der Waals surface area contributed by atoms with Gasteiger partial charge < -0.3 is 4.74 Å². The SMILES string of the molecule is CCOC(=O)[C@H]1C(=O)C=C(c2cccc(F)c2)C[C@@H]1c1cccc(F)c1. The van der Waals surface area contributed by atoms with Crippen molar-refractivity contribution < 1.29 is 23.1 Å². The lowest BCUT2D eigenvalue weighted by Gasteiger charge is -2.29. The largest absolute Gasteiger partial charge is 0.465 e. The van der Waals surface area contributed by atoms with E-state index in [1.54, 1.807) is 25.1 Å². The van der Waals surface area contributed by atoms with Crippen molar-refractivity contribution in [3.05, 3.63) is 77.4 Å². The third-order valence-electron chi connectivity index (χ3n) is 4.48. The van der Waals surface area contributed by atoms with E-state index in [9.17, 15) is 18.4 Å². The topological polar surface area (TPSA) is 43.4 Å². The summed E-state index contributed by atoms with van der Waals surface area (Å²) in [5.74, 6) is -3.50. The summed E-state index contributed by atoms with van der Waals surface area (Å²) in [5.41, 5.74) is 1.73. The predicted molar refractivity (Wildman–Crippen MR) is 93.3 cm³/mol. The van der Waals surface area contributed by atoms with Crippen molar-refractivity contribution in [1.29, 1.82) is 0 Å². The number of carbonyl (C=O) groups excluding carboxylic acids is 2. The molecule has 0 saturated carbocycles. The quantitative estimate of drug-likeness (QED) is 0.606. The fourth-order valence-electron chi connectivity index (χ4n) is 3.32. The van der Waals surface area contributed by atoms with E-state index in [-0.39, 0.29) is 6.61 Å². The maximum atomic E-state index is 13.7. The van der Waals surface area contributed by atoms with Gasteiger partial charge in [0.25, 0.3) is 0 Å². The second-order valence-corrected chi connectivity index (χ2v) is 6.18. The number of esters is 1. The third kappa shape index (κ3) is 3.72. The van der Waals surface area contributed by atoms with Gasteiger partial charge in [0.05, 0.1) is 6.61 Å². The van der Waals surface area contributed by atoms with Crippen molar-refractivity contribution in [2.45, 2.75) is 19.3 Å². The van der Waals surface area contributed by atoms with Crippen molar-refractivity contribution in [2.75, 3.05) is 6.61 Å². The Morgan fingerprint density at radius 2 is 1.81 bits per heavy atom. The number of allylic oxidation sites excluding steroid dienone is 2. The highest BCUT2D eigenvalue weighted by Crippen LogP contribution is 2.40. The zero-order valence-electron chi connectivity index (χ0n) is 14.2. The molecule has 0 fully saturated rings. The van der Waals surface area contributed by atoms with Gasteiger partial charge in [-0.05, 0) is 60.4 Å². The highest BCUT2D eigenvalue weighted by Gasteiger charge is 2.39. The minimum absolute atomic E-state index is 0.152. The molecule has 0 aliphatic heterocycles. The second-order valence-electron chi connectivity index (χ2n) is 6.18. The fraction of sp³-hybridized carbons (Fsp3) is 0.238. The Labute approximate surface area is 150 Å². The Balaban J connectivity index is 2.04. The molecular weight excluding hydrogens is 338 g/mol.